The number of hydrogen-bond donors (Lipinski definition) is 1. The number of carbonyl (C=O) groups is 1. The van der Waals surface area contributed by atoms with Crippen LogP contribution in [0, 0.1) is 18.2 Å². The fourth-order valence-electron chi connectivity index (χ4n) is 1.41. The molecular weight excluding hydrogens is 221 g/mol. The molecule has 17 heavy (non-hydrogen) atoms. The van der Waals surface area contributed by atoms with Gasteiger partial charge in [0.25, 0.3) is 0 Å². The fourth-order valence-corrected chi connectivity index (χ4v) is 1.41. The Morgan fingerprint density at radius 2 is 2.29 bits per heavy atom. The number of rotatable bonds is 5. The molecule has 4 heteroatoms. The predicted octanol–water partition coefficient (Wildman–Crippen LogP) is 2.47. The second kappa shape index (κ2) is 5.90. The standard InChI is InChI=1S/C13H14FNO2/c1-4-6-15-11-8-10(14)9(12(16)5-2)7-13(11)17-3/h1,7-8,15H,5-6H2,2-3H3. The van der Waals surface area contributed by atoms with Crippen LogP contribution in [0.5, 0.6) is 5.75 Å². The van der Waals surface area contributed by atoms with E-state index >= 15 is 0 Å². The molecule has 0 saturated carbocycles. The molecule has 0 aromatic heterocycles. The lowest BCUT2D eigenvalue weighted by molar-refractivity contribution is 0.0984. The number of hydrogen-bond acceptors (Lipinski definition) is 3. The van der Waals surface area contributed by atoms with E-state index in [1.807, 2.05) is 0 Å². The van der Waals surface area contributed by atoms with Gasteiger partial charge < -0.3 is 10.1 Å². The van der Waals surface area contributed by atoms with Crippen LogP contribution in [0.25, 0.3) is 0 Å². The Bertz CT molecular complexity index is 463. The molecule has 0 saturated heterocycles. The third kappa shape index (κ3) is 2.97. The zero-order valence-electron chi connectivity index (χ0n) is 9.84. The molecule has 0 spiro atoms. The van der Waals surface area contributed by atoms with Crippen molar-refractivity contribution >= 4 is 11.5 Å². The van der Waals surface area contributed by atoms with Gasteiger partial charge in [0.15, 0.2) is 5.78 Å². The number of carbonyl (C=O) groups excluding carboxylic acids is 1. The first-order chi connectivity index (χ1) is 8.13. The molecule has 0 fully saturated rings. The molecule has 0 bridgehead atoms. The lowest BCUT2D eigenvalue weighted by Crippen LogP contribution is -2.06. The lowest BCUT2D eigenvalue weighted by Gasteiger charge is -2.11. The monoisotopic (exact) mass is 235 g/mol. The highest BCUT2D eigenvalue weighted by molar-refractivity contribution is 5.97. The summed E-state index contributed by atoms with van der Waals surface area (Å²) in [5, 5.41) is 2.83. The normalized spacial score (nSPS) is 9.53. The number of nitrogens with one attached hydrogen (secondary N) is 1. The van der Waals surface area contributed by atoms with Crippen LogP contribution >= 0.6 is 0 Å². The van der Waals surface area contributed by atoms with Crippen LogP contribution in [0.4, 0.5) is 10.1 Å². The number of ketones is 1. The summed E-state index contributed by atoms with van der Waals surface area (Å²) in [4.78, 5) is 11.5. The van der Waals surface area contributed by atoms with E-state index in [0.29, 0.717) is 11.4 Å². The number of halogens is 1. The Labute approximate surface area is 100.0 Å². The molecule has 1 N–H and O–H groups in total. The molecule has 0 amide bonds. The summed E-state index contributed by atoms with van der Waals surface area (Å²) in [6, 6.07) is 2.61. The molecule has 1 aromatic carbocycles. The minimum absolute atomic E-state index is 0.0376. The van der Waals surface area contributed by atoms with Gasteiger partial charge in [-0.2, -0.15) is 0 Å². The van der Waals surface area contributed by atoms with E-state index in [9.17, 15) is 9.18 Å². The summed E-state index contributed by atoms with van der Waals surface area (Å²) in [5.74, 6) is 1.95. The Morgan fingerprint density at radius 1 is 1.59 bits per heavy atom. The largest absolute Gasteiger partial charge is 0.495 e. The van der Waals surface area contributed by atoms with Crippen molar-refractivity contribution < 1.29 is 13.9 Å². The molecule has 0 atom stereocenters. The quantitative estimate of drug-likeness (QED) is 0.629. The molecular formula is C13H14FNO2. The predicted molar refractivity (Wildman–Crippen MR) is 64.9 cm³/mol. The van der Waals surface area contributed by atoms with Crippen LogP contribution in [0.3, 0.4) is 0 Å². The van der Waals surface area contributed by atoms with Crippen LogP contribution in [-0.2, 0) is 0 Å². The van der Waals surface area contributed by atoms with Crippen molar-refractivity contribution in [3.05, 3.63) is 23.5 Å². The Kier molecular flexibility index (Phi) is 4.53. The highest BCUT2D eigenvalue weighted by Gasteiger charge is 2.14. The van der Waals surface area contributed by atoms with Gasteiger partial charge in [0.1, 0.15) is 11.6 Å². The highest BCUT2D eigenvalue weighted by atomic mass is 19.1. The molecule has 1 aromatic rings. The molecule has 0 unspecified atom stereocenters. The maximum atomic E-state index is 13.7. The maximum absolute atomic E-state index is 13.7. The zero-order chi connectivity index (χ0) is 12.8. The van der Waals surface area contributed by atoms with Gasteiger partial charge in [0.2, 0.25) is 0 Å². The van der Waals surface area contributed by atoms with Crippen molar-refractivity contribution in [3.8, 4) is 18.1 Å². The van der Waals surface area contributed by atoms with Crippen molar-refractivity contribution in [3.63, 3.8) is 0 Å². The van der Waals surface area contributed by atoms with Gasteiger partial charge in [-0.15, -0.1) is 6.42 Å². The Balaban J connectivity index is 3.15. The third-order valence-electron chi connectivity index (χ3n) is 2.29. The molecule has 0 aliphatic carbocycles. The van der Waals surface area contributed by atoms with Gasteiger partial charge in [0, 0.05) is 12.5 Å². The number of benzene rings is 1. The number of methoxy groups -OCH3 is 1. The van der Waals surface area contributed by atoms with Crippen LogP contribution in [-0.4, -0.2) is 19.4 Å². The van der Waals surface area contributed by atoms with Gasteiger partial charge in [-0.05, 0) is 6.07 Å². The van der Waals surface area contributed by atoms with Crippen LogP contribution in [0.1, 0.15) is 23.7 Å². The van der Waals surface area contributed by atoms with E-state index in [1.165, 1.54) is 19.2 Å². The van der Waals surface area contributed by atoms with Crippen molar-refractivity contribution in [2.75, 3.05) is 19.0 Å². The third-order valence-corrected chi connectivity index (χ3v) is 2.29. The summed E-state index contributed by atoms with van der Waals surface area (Å²) in [6.45, 7) is 1.94. The minimum Gasteiger partial charge on any atom is -0.495 e. The first kappa shape index (κ1) is 13.0. The van der Waals surface area contributed by atoms with E-state index in [1.54, 1.807) is 6.92 Å². The van der Waals surface area contributed by atoms with Gasteiger partial charge in [0.05, 0.1) is 24.9 Å². The summed E-state index contributed by atoms with van der Waals surface area (Å²) < 4.78 is 18.7. The Hall–Kier alpha value is -2.02. The average Bonchev–Trinajstić information content (AvgIpc) is 2.35. The average molecular weight is 235 g/mol. The molecule has 0 aliphatic heterocycles. The van der Waals surface area contributed by atoms with E-state index in [0.717, 1.165) is 0 Å². The smallest absolute Gasteiger partial charge is 0.165 e. The van der Waals surface area contributed by atoms with Crippen LogP contribution in [0.15, 0.2) is 12.1 Å². The topological polar surface area (TPSA) is 38.3 Å². The zero-order valence-corrected chi connectivity index (χ0v) is 9.84. The molecule has 0 aliphatic rings. The molecule has 0 radical (unpaired) electrons. The fraction of sp³-hybridized carbons (Fsp3) is 0.308. The first-order valence-electron chi connectivity index (χ1n) is 5.22. The van der Waals surface area contributed by atoms with E-state index in [4.69, 9.17) is 11.2 Å². The van der Waals surface area contributed by atoms with Crippen LogP contribution in [0.2, 0.25) is 0 Å². The summed E-state index contributed by atoms with van der Waals surface area (Å²) in [7, 11) is 1.45. The molecule has 0 heterocycles. The lowest BCUT2D eigenvalue weighted by atomic mass is 10.1. The second-order valence-electron chi connectivity index (χ2n) is 3.37. The summed E-state index contributed by atoms with van der Waals surface area (Å²) >= 11 is 0. The van der Waals surface area contributed by atoms with Gasteiger partial charge >= 0.3 is 0 Å². The number of Topliss-reactive ketones (excluding diaryl/α,β-unsaturated/α-hetero) is 1. The van der Waals surface area contributed by atoms with Crippen molar-refractivity contribution in [2.24, 2.45) is 0 Å². The minimum atomic E-state index is -0.572. The summed E-state index contributed by atoms with van der Waals surface area (Å²) in [5.41, 5.74) is 0.478. The van der Waals surface area contributed by atoms with Crippen molar-refractivity contribution in [1.82, 2.24) is 0 Å². The SMILES string of the molecule is C#CCNc1cc(F)c(C(=O)CC)cc1OC. The number of terminal acetylenes is 1. The van der Waals surface area contributed by atoms with E-state index in [-0.39, 0.29) is 24.3 Å². The van der Waals surface area contributed by atoms with E-state index in [2.05, 4.69) is 11.2 Å². The van der Waals surface area contributed by atoms with Gasteiger partial charge in [-0.3, -0.25) is 4.79 Å². The van der Waals surface area contributed by atoms with Crippen molar-refractivity contribution in [2.45, 2.75) is 13.3 Å². The first-order valence-corrected chi connectivity index (χ1v) is 5.22. The maximum Gasteiger partial charge on any atom is 0.165 e. The second-order valence-corrected chi connectivity index (χ2v) is 3.37. The molecule has 1 rings (SSSR count). The highest BCUT2D eigenvalue weighted by Crippen LogP contribution is 2.28. The number of anilines is 1. The number of ether oxygens (including phenoxy) is 1. The van der Waals surface area contributed by atoms with Gasteiger partial charge in [-0.25, -0.2) is 4.39 Å². The van der Waals surface area contributed by atoms with Gasteiger partial charge in [-0.1, -0.05) is 12.8 Å². The van der Waals surface area contributed by atoms with E-state index < -0.39 is 5.82 Å². The van der Waals surface area contributed by atoms with Crippen molar-refractivity contribution in [1.29, 1.82) is 0 Å². The Morgan fingerprint density at radius 3 is 2.82 bits per heavy atom. The van der Waals surface area contributed by atoms with Crippen LogP contribution < -0.4 is 10.1 Å². The molecule has 90 valence electrons. The molecule has 3 nitrogen and oxygen atoms in total. The summed E-state index contributed by atoms with van der Waals surface area (Å²) in [6.07, 6.45) is 5.35.